The van der Waals surface area contributed by atoms with Crippen LogP contribution >= 0.6 is 0 Å². The largest absolute Gasteiger partial charge is 0.495 e. The van der Waals surface area contributed by atoms with Crippen LogP contribution in [-0.2, 0) is 19.6 Å². The maximum absolute atomic E-state index is 12.8. The van der Waals surface area contributed by atoms with Crippen molar-refractivity contribution >= 4 is 22.0 Å². The van der Waals surface area contributed by atoms with Gasteiger partial charge in [-0.1, -0.05) is 12.1 Å². The number of amides is 2. The molecule has 1 aromatic carbocycles. The molecule has 3 rings (SSSR count). The maximum Gasteiger partial charge on any atom is 0.417 e. The van der Waals surface area contributed by atoms with Crippen LogP contribution in [0.1, 0.15) is 6.42 Å². The van der Waals surface area contributed by atoms with E-state index >= 15 is 0 Å². The number of imide groups is 1. The number of methoxy groups -OCH3 is 1. The second kappa shape index (κ2) is 5.82. The molecule has 0 unspecified atom stereocenters. The van der Waals surface area contributed by atoms with Gasteiger partial charge < -0.3 is 9.47 Å². The van der Waals surface area contributed by atoms with Gasteiger partial charge in [-0.15, -0.1) is 0 Å². The van der Waals surface area contributed by atoms with Gasteiger partial charge in [0.1, 0.15) is 10.6 Å². The molecule has 9 heteroatoms. The average Bonchev–Trinajstić information content (AvgIpc) is 3.14. The summed E-state index contributed by atoms with van der Waals surface area (Å²) in [5.41, 5.74) is 0. The van der Waals surface area contributed by atoms with Gasteiger partial charge >= 0.3 is 6.09 Å². The molecule has 0 bridgehead atoms. The Morgan fingerprint density at radius 3 is 2.65 bits per heavy atom. The van der Waals surface area contributed by atoms with Crippen LogP contribution < -0.4 is 4.74 Å². The number of ether oxygens (including phenoxy) is 2. The van der Waals surface area contributed by atoms with Crippen molar-refractivity contribution in [2.75, 3.05) is 26.8 Å². The highest BCUT2D eigenvalue weighted by Crippen LogP contribution is 2.30. The van der Waals surface area contributed by atoms with Crippen molar-refractivity contribution in [3.05, 3.63) is 24.3 Å². The molecule has 2 aliphatic heterocycles. The number of rotatable bonds is 4. The average molecular weight is 340 g/mol. The fourth-order valence-electron chi connectivity index (χ4n) is 2.83. The number of hydrogen-bond acceptors (Lipinski definition) is 6. The highest BCUT2D eigenvalue weighted by atomic mass is 32.2. The predicted octanol–water partition coefficient (Wildman–Crippen LogP) is 0.437. The van der Waals surface area contributed by atoms with Gasteiger partial charge in [-0.05, 0) is 18.6 Å². The summed E-state index contributed by atoms with van der Waals surface area (Å²) >= 11 is 0. The fraction of sp³-hybridized carbons (Fsp3) is 0.429. The molecule has 2 saturated heterocycles. The summed E-state index contributed by atoms with van der Waals surface area (Å²) in [7, 11) is -2.36. The number of carbonyl (C=O) groups excluding carboxylic acids is 2. The van der Waals surface area contributed by atoms with E-state index in [0.717, 1.165) is 4.90 Å². The molecular formula is C14H16N2O6S. The zero-order valence-electron chi connectivity index (χ0n) is 12.5. The number of para-hydroxylation sites is 1. The smallest absolute Gasteiger partial charge is 0.417 e. The maximum atomic E-state index is 12.8. The Balaban J connectivity index is 1.83. The first-order valence-electron chi connectivity index (χ1n) is 7.07. The van der Waals surface area contributed by atoms with E-state index in [1.165, 1.54) is 17.5 Å². The molecule has 1 atom stereocenters. The van der Waals surface area contributed by atoms with E-state index in [0.29, 0.717) is 6.42 Å². The summed E-state index contributed by atoms with van der Waals surface area (Å²) in [6.45, 7) is -0.00206. The highest BCUT2D eigenvalue weighted by Gasteiger charge is 2.43. The normalized spacial score (nSPS) is 22.5. The molecule has 2 heterocycles. The third-order valence-corrected chi connectivity index (χ3v) is 5.87. The molecule has 2 amide bonds. The van der Waals surface area contributed by atoms with Gasteiger partial charge in [0, 0.05) is 13.1 Å². The summed E-state index contributed by atoms with van der Waals surface area (Å²) in [4.78, 5) is 24.4. The molecule has 8 nitrogen and oxygen atoms in total. The first-order chi connectivity index (χ1) is 10.9. The van der Waals surface area contributed by atoms with Gasteiger partial charge in [-0.3, -0.25) is 4.79 Å². The predicted molar refractivity (Wildman–Crippen MR) is 78.4 cm³/mol. The van der Waals surface area contributed by atoms with E-state index in [1.54, 1.807) is 18.2 Å². The molecule has 2 fully saturated rings. The minimum Gasteiger partial charge on any atom is -0.495 e. The Kier molecular flexibility index (Phi) is 3.99. The Labute approximate surface area is 133 Å². The van der Waals surface area contributed by atoms with Crippen LogP contribution in [0, 0.1) is 0 Å². The number of cyclic esters (lactones) is 1. The van der Waals surface area contributed by atoms with E-state index in [-0.39, 0.29) is 30.3 Å². The van der Waals surface area contributed by atoms with Gasteiger partial charge in [0.05, 0.1) is 13.2 Å². The minimum absolute atomic E-state index is 0.0568. The van der Waals surface area contributed by atoms with Crippen molar-refractivity contribution < 1.29 is 27.5 Å². The zero-order chi connectivity index (χ0) is 16.6. The molecule has 23 heavy (non-hydrogen) atoms. The van der Waals surface area contributed by atoms with Crippen LogP contribution in [0.2, 0.25) is 0 Å². The molecule has 0 N–H and O–H groups in total. The summed E-state index contributed by atoms with van der Waals surface area (Å²) in [6.07, 6.45) is -0.327. The summed E-state index contributed by atoms with van der Waals surface area (Å²) < 4.78 is 36.6. The van der Waals surface area contributed by atoms with E-state index in [9.17, 15) is 18.0 Å². The second-order valence-corrected chi connectivity index (χ2v) is 7.18. The Morgan fingerprint density at radius 2 is 2.00 bits per heavy atom. The molecule has 0 radical (unpaired) electrons. The van der Waals surface area contributed by atoms with Crippen molar-refractivity contribution in [2.45, 2.75) is 17.4 Å². The molecule has 0 aliphatic carbocycles. The molecule has 0 aromatic heterocycles. The topological polar surface area (TPSA) is 93.2 Å². The number of sulfonamides is 1. The third-order valence-electron chi connectivity index (χ3n) is 3.96. The summed E-state index contributed by atoms with van der Waals surface area (Å²) in [5, 5.41) is 0. The fourth-order valence-corrected chi connectivity index (χ4v) is 4.48. The lowest BCUT2D eigenvalue weighted by Crippen LogP contribution is -2.42. The van der Waals surface area contributed by atoms with Gasteiger partial charge in [0.15, 0.2) is 6.61 Å². The lowest BCUT2D eigenvalue weighted by Gasteiger charge is -2.21. The number of benzene rings is 1. The third kappa shape index (κ3) is 2.66. The molecule has 1 aromatic rings. The molecule has 124 valence electrons. The van der Waals surface area contributed by atoms with Gasteiger partial charge in [-0.25, -0.2) is 18.1 Å². The van der Waals surface area contributed by atoms with E-state index < -0.39 is 28.1 Å². The van der Waals surface area contributed by atoms with Gasteiger partial charge in [-0.2, -0.15) is 4.31 Å². The van der Waals surface area contributed by atoms with Crippen molar-refractivity contribution in [1.29, 1.82) is 0 Å². The second-order valence-electron chi connectivity index (χ2n) is 5.27. The highest BCUT2D eigenvalue weighted by molar-refractivity contribution is 7.89. The molecule has 0 spiro atoms. The monoisotopic (exact) mass is 340 g/mol. The van der Waals surface area contributed by atoms with E-state index in [4.69, 9.17) is 4.74 Å². The minimum atomic E-state index is -3.76. The van der Waals surface area contributed by atoms with Crippen molar-refractivity contribution in [3.8, 4) is 5.75 Å². The Morgan fingerprint density at radius 1 is 1.26 bits per heavy atom. The van der Waals surface area contributed by atoms with Crippen molar-refractivity contribution in [3.63, 3.8) is 0 Å². The first-order valence-corrected chi connectivity index (χ1v) is 8.51. The Hall–Kier alpha value is -2.13. The van der Waals surface area contributed by atoms with E-state index in [1.807, 2.05) is 0 Å². The van der Waals surface area contributed by atoms with Gasteiger partial charge in [0.25, 0.3) is 5.91 Å². The lowest BCUT2D eigenvalue weighted by molar-refractivity contribution is -0.127. The lowest BCUT2D eigenvalue weighted by atomic mass is 10.2. The van der Waals surface area contributed by atoms with Crippen molar-refractivity contribution in [2.24, 2.45) is 0 Å². The summed E-state index contributed by atoms with van der Waals surface area (Å²) in [5.74, 6) is -0.177. The van der Waals surface area contributed by atoms with Crippen LogP contribution in [0.3, 0.4) is 0 Å². The van der Waals surface area contributed by atoms with Gasteiger partial charge in [0.2, 0.25) is 10.0 Å². The van der Waals surface area contributed by atoms with Crippen molar-refractivity contribution in [1.82, 2.24) is 9.21 Å². The van der Waals surface area contributed by atoms with Crippen LogP contribution in [0.15, 0.2) is 29.2 Å². The standard InChI is InChI=1S/C14H16N2O6S/c1-21-11-4-2-3-5-12(11)23(19,20)15-7-6-10(8-15)16-13(17)9-22-14(16)18/h2-5,10H,6-9H2,1H3/t10-/m1/s1. The van der Waals surface area contributed by atoms with Crippen LogP contribution in [0.5, 0.6) is 5.75 Å². The number of hydrogen-bond donors (Lipinski definition) is 0. The molecular weight excluding hydrogens is 324 g/mol. The number of nitrogens with zero attached hydrogens (tertiary/aromatic N) is 2. The molecule has 0 saturated carbocycles. The van der Waals surface area contributed by atoms with E-state index in [2.05, 4.69) is 4.74 Å². The number of carbonyl (C=O) groups is 2. The summed E-state index contributed by atoms with van der Waals surface area (Å²) in [6, 6.07) is 5.84. The van der Waals surface area contributed by atoms with Crippen LogP contribution in [0.25, 0.3) is 0 Å². The first kappa shape index (κ1) is 15.8. The zero-order valence-corrected chi connectivity index (χ0v) is 13.3. The molecule has 2 aliphatic rings. The quantitative estimate of drug-likeness (QED) is 0.789. The Bertz CT molecular complexity index is 731. The van der Waals surface area contributed by atoms with Crippen LogP contribution in [0.4, 0.5) is 4.79 Å². The van der Waals surface area contributed by atoms with Crippen LogP contribution in [-0.4, -0.2) is 62.5 Å². The SMILES string of the molecule is COc1ccccc1S(=O)(=O)N1CC[C@@H](N2C(=O)COC2=O)C1.